The number of hydrogen-bond acceptors (Lipinski definition) is 2. The van der Waals surface area contributed by atoms with Gasteiger partial charge in [0.15, 0.2) is 0 Å². The minimum Gasteiger partial charge on any atom is -0.392 e. The highest BCUT2D eigenvalue weighted by molar-refractivity contribution is 6.17. The molecule has 0 spiro atoms. The van der Waals surface area contributed by atoms with Crippen molar-refractivity contribution in [1.29, 1.82) is 0 Å². The molecule has 4 aliphatic carbocycles. The number of carbonyl (C=O) groups is 1. The molecule has 25 heavy (non-hydrogen) atoms. The molecular formula is C22H35ClO2. The highest BCUT2D eigenvalue weighted by Gasteiger charge is 2.61. The van der Waals surface area contributed by atoms with E-state index in [1.54, 1.807) is 0 Å². The van der Waals surface area contributed by atoms with Crippen molar-refractivity contribution in [3.8, 4) is 0 Å². The Morgan fingerprint density at radius 1 is 1.12 bits per heavy atom. The van der Waals surface area contributed by atoms with Crippen LogP contribution in [0.2, 0.25) is 0 Å². The van der Waals surface area contributed by atoms with E-state index in [1.165, 1.54) is 32.1 Å². The van der Waals surface area contributed by atoms with Crippen LogP contribution < -0.4 is 0 Å². The second kappa shape index (κ2) is 6.51. The number of halogens is 1. The summed E-state index contributed by atoms with van der Waals surface area (Å²) < 4.78 is 0. The molecule has 4 aliphatic rings. The van der Waals surface area contributed by atoms with Gasteiger partial charge >= 0.3 is 0 Å². The average molecular weight is 367 g/mol. The zero-order valence-corrected chi connectivity index (χ0v) is 16.7. The summed E-state index contributed by atoms with van der Waals surface area (Å²) in [6.07, 6.45) is 10.9. The monoisotopic (exact) mass is 366 g/mol. The van der Waals surface area contributed by atoms with E-state index in [4.69, 9.17) is 11.6 Å². The Morgan fingerprint density at radius 2 is 1.92 bits per heavy atom. The topological polar surface area (TPSA) is 37.3 Å². The Morgan fingerprint density at radius 3 is 2.68 bits per heavy atom. The van der Waals surface area contributed by atoms with Crippen molar-refractivity contribution in [2.24, 2.45) is 40.4 Å². The van der Waals surface area contributed by atoms with Crippen LogP contribution in [0.1, 0.15) is 78.1 Å². The number of ketones is 1. The van der Waals surface area contributed by atoms with Crippen molar-refractivity contribution < 1.29 is 9.90 Å². The maximum Gasteiger partial charge on any atom is 0.133 e. The second-order valence-electron chi connectivity index (χ2n) is 10.2. The predicted octanol–water partition coefficient (Wildman–Crippen LogP) is 5.20. The van der Waals surface area contributed by atoms with E-state index < -0.39 is 0 Å². The SMILES string of the molecule is C[C@]12CC[C@H]3[C@@H](CCC4CC(=O)CC[C@@]43C)[C@@H]1C[C@@H](CCCCl)[C@@H]2O. The van der Waals surface area contributed by atoms with E-state index in [0.717, 1.165) is 43.9 Å². The number of aliphatic hydroxyl groups excluding tert-OH is 1. The molecule has 142 valence electrons. The first-order chi connectivity index (χ1) is 11.9. The van der Waals surface area contributed by atoms with Crippen LogP contribution in [0, 0.1) is 40.4 Å². The van der Waals surface area contributed by atoms with Crippen LogP contribution in [0.3, 0.4) is 0 Å². The predicted molar refractivity (Wildman–Crippen MR) is 102 cm³/mol. The van der Waals surface area contributed by atoms with Gasteiger partial charge in [-0.1, -0.05) is 13.8 Å². The molecular weight excluding hydrogens is 332 g/mol. The summed E-state index contributed by atoms with van der Waals surface area (Å²) in [5.74, 6) is 4.50. The Balaban J connectivity index is 1.57. The Hall–Kier alpha value is -0.0800. The van der Waals surface area contributed by atoms with E-state index in [9.17, 15) is 9.90 Å². The molecule has 0 amide bonds. The van der Waals surface area contributed by atoms with Gasteiger partial charge < -0.3 is 5.11 Å². The lowest BCUT2D eigenvalue weighted by atomic mass is 9.45. The zero-order chi connectivity index (χ0) is 17.8. The smallest absolute Gasteiger partial charge is 0.133 e. The van der Waals surface area contributed by atoms with Gasteiger partial charge in [-0.3, -0.25) is 4.79 Å². The van der Waals surface area contributed by atoms with E-state index in [1.807, 2.05) is 0 Å². The van der Waals surface area contributed by atoms with Crippen LogP contribution in [0.4, 0.5) is 0 Å². The lowest BCUT2D eigenvalue weighted by Gasteiger charge is -2.60. The molecule has 3 heteroatoms. The van der Waals surface area contributed by atoms with Crippen LogP contribution in [-0.4, -0.2) is 22.9 Å². The Labute approximate surface area is 158 Å². The van der Waals surface area contributed by atoms with Gasteiger partial charge in [0.2, 0.25) is 0 Å². The highest BCUT2D eigenvalue weighted by Crippen LogP contribution is 2.67. The van der Waals surface area contributed by atoms with E-state index >= 15 is 0 Å². The van der Waals surface area contributed by atoms with Crippen molar-refractivity contribution in [3.63, 3.8) is 0 Å². The van der Waals surface area contributed by atoms with Gasteiger partial charge in [-0.25, -0.2) is 0 Å². The second-order valence-corrected chi connectivity index (χ2v) is 10.6. The fourth-order valence-electron chi connectivity index (χ4n) is 7.81. The van der Waals surface area contributed by atoms with Crippen molar-refractivity contribution in [2.45, 2.75) is 84.2 Å². The van der Waals surface area contributed by atoms with E-state index in [0.29, 0.717) is 34.8 Å². The normalized spacial score (nSPS) is 52.4. The molecule has 0 bridgehead atoms. The minimum absolute atomic E-state index is 0.117. The third-order valence-corrected chi connectivity index (χ3v) is 9.57. The van der Waals surface area contributed by atoms with Crippen molar-refractivity contribution >= 4 is 17.4 Å². The zero-order valence-electron chi connectivity index (χ0n) is 16.0. The van der Waals surface area contributed by atoms with Gasteiger partial charge in [0, 0.05) is 18.7 Å². The van der Waals surface area contributed by atoms with Gasteiger partial charge in [-0.15, -0.1) is 11.6 Å². The summed E-state index contributed by atoms with van der Waals surface area (Å²) >= 11 is 5.92. The molecule has 0 aromatic heterocycles. The minimum atomic E-state index is -0.139. The van der Waals surface area contributed by atoms with Crippen molar-refractivity contribution in [2.75, 3.05) is 5.88 Å². The quantitative estimate of drug-likeness (QED) is 0.696. The average Bonchev–Trinajstić information content (AvgIpc) is 2.85. The first-order valence-corrected chi connectivity index (χ1v) is 11.2. The molecule has 0 aromatic rings. The molecule has 4 fully saturated rings. The van der Waals surface area contributed by atoms with Crippen LogP contribution in [0.15, 0.2) is 0 Å². The number of hydrogen-bond donors (Lipinski definition) is 1. The summed E-state index contributed by atoms with van der Waals surface area (Å²) in [6, 6.07) is 0. The number of Topliss-reactive ketones (excluding diaryl/α,β-unsaturated/α-hetero) is 1. The van der Waals surface area contributed by atoms with Crippen molar-refractivity contribution in [3.05, 3.63) is 0 Å². The van der Waals surface area contributed by atoms with Crippen LogP contribution in [0.25, 0.3) is 0 Å². The maximum atomic E-state index is 12.0. The van der Waals surface area contributed by atoms with Gasteiger partial charge in [-0.2, -0.15) is 0 Å². The van der Waals surface area contributed by atoms with Crippen LogP contribution >= 0.6 is 11.6 Å². The van der Waals surface area contributed by atoms with Crippen molar-refractivity contribution in [1.82, 2.24) is 0 Å². The molecule has 0 aromatic carbocycles. The van der Waals surface area contributed by atoms with Gasteiger partial charge in [0.05, 0.1) is 6.10 Å². The third-order valence-electron chi connectivity index (χ3n) is 9.31. The molecule has 0 radical (unpaired) electrons. The highest BCUT2D eigenvalue weighted by atomic mass is 35.5. The van der Waals surface area contributed by atoms with Crippen LogP contribution in [0.5, 0.6) is 0 Å². The summed E-state index contributed by atoms with van der Waals surface area (Å²) in [4.78, 5) is 12.0. The van der Waals surface area contributed by atoms with Gasteiger partial charge in [0.25, 0.3) is 0 Å². The molecule has 4 saturated carbocycles. The molecule has 1 unspecified atom stereocenters. The standard InChI is InChI=1S/C22H35ClO2/c1-21-9-7-16(24)13-15(21)5-6-17-18(21)8-10-22(2)19(17)12-14(20(22)25)4-3-11-23/h14-15,17-20,25H,3-13H2,1-2H3/t14-,15?,17-,18+,19+,20+,21+,22+/m1/s1. The first-order valence-electron chi connectivity index (χ1n) is 10.7. The molecule has 4 rings (SSSR count). The lowest BCUT2D eigenvalue weighted by molar-refractivity contribution is -0.142. The largest absolute Gasteiger partial charge is 0.392 e. The summed E-state index contributed by atoms with van der Waals surface area (Å²) in [5, 5.41) is 11.1. The number of rotatable bonds is 3. The van der Waals surface area contributed by atoms with Gasteiger partial charge in [-0.05, 0) is 91.8 Å². The Bertz CT molecular complexity index is 534. The van der Waals surface area contributed by atoms with Crippen LogP contribution in [-0.2, 0) is 4.79 Å². The number of carbonyl (C=O) groups excluding carboxylic acids is 1. The van der Waals surface area contributed by atoms with Gasteiger partial charge in [0.1, 0.15) is 5.78 Å². The molecule has 0 heterocycles. The van der Waals surface area contributed by atoms with E-state index in [-0.39, 0.29) is 11.5 Å². The fourth-order valence-corrected chi connectivity index (χ4v) is 7.97. The summed E-state index contributed by atoms with van der Waals surface area (Å²) in [6.45, 7) is 4.87. The fraction of sp³-hybridized carbons (Fsp3) is 0.955. The summed E-state index contributed by atoms with van der Waals surface area (Å²) in [7, 11) is 0. The first kappa shape index (κ1) is 18.3. The summed E-state index contributed by atoms with van der Waals surface area (Å²) in [5.41, 5.74) is 0.489. The number of aliphatic hydroxyl groups is 1. The maximum absolute atomic E-state index is 12.0. The number of alkyl halides is 1. The lowest BCUT2D eigenvalue weighted by Crippen LogP contribution is -2.54. The third kappa shape index (κ3) is 2.73. The molecule has 1 N–H and O–H groups in total. The Kier molecular flexibility index (Phi) is 4.77. The molecule has 8 atom stereocenters. The number of fused-ring (bicyclic) bond motifs is 5. The molecule has 0 saturated heterocycles. The molecule has 0 aliphatic heterocycles. The van der Waals surface area contributed by atoms with E-state index in [2.05, 4.69) is 13.8 Å². The molecule has 2 nitrogen and oxygen atoms in total.